The van der Waals surface area contributed by atoms with Crippen LogP contribution in [0.2, 0.25) is 0 Å². The minimum absolute atomic E-state index is 0.141. The fourth-order valence-corrected chi connectivity index (χ4v) is 2.78. The van der Waals surface area contributed by atoms with Crippen molar-refractivity contribution in [2.75, 3.05) is 10.5 Å². The molecule has 7 nitrogen and oxygen atoms in total. The van der Waals surface area contributed by atoms with E-state index in [0.29, 0.717) is 11.5 Å². The van der Waals surface area contributed by atoms with Crippen molar-refractivity contribution in [1.82, 2.24) is 14.8 Å². The number of hydrogen-bond acceptors (Lipinski definition) is 7. The summed E-state index contributed by atoms with van der Waals surface area (Å²) in [5, 5.41) is 6.36. The van der Waals surface area contributed by atoms with Gasteiger partial charge in [-0.05, 0) is 17.3 Å². The van der Waals surface area contributed by atoms with Crippen molar-refractivity contribution in [3.63, 3.8) is 0 Å². The molecule has 2 aromatic rings. The largest absolute Gasteiger partial charge is 0.394 e. The number of nitrogen functional groups attached to an aromatic ring is 1. The van der Waals surface area contributed by atoms with Crippen LogP contribution in [-0.4, -0.2) is 23.2 Å². The molecule has 0 atom stereocenters. The molecule has 2 rings (SSSR count). The van der Waals surface area contributed by atoms with Crippen LogP contribution in [0.15, 0.2) is 17.0 Å². The number of hydrogen-bond donors (Lipinski definition) is 2. The zero-order valence-corrected chi connectivity index (χ0v) is 10.1. The van der Waals surface area contributed by atoms with Gasteiger partial charge in [0.1, 0.15) is 16.4 Å². The van der Waals surface area contributed by atoms with Crippen molar-refractivity contribution in [2.24, 2.45) is 0 Å². The third kappa shape index (κ3) is 2.22. The average molecular weight is 293 g/mol. The molecule has 0 fully saturated rings. The molecule has 0 aliphatic heterocycles. The lowest BCUT2D eigenvalue weighted by molar-refractivity contribution is 0.557. The number of nitrogens with two attached hydrogens (primary N) is 1. The number of halogens is 2. The van der Waals surface area contributed by atoms with Gasteiger partial charge in [0.15, 0.2) is 5.82 Å². The van der Waals surface area contributed by atoms with E-state index in [1.165, 1.54) is 0 Å². The van der Waals surface area contributed by atoms with Gasteiger partial charge in [0.2, 0.25) is 5.13 Å². The second-order valence-electron chi connectivity index (χ2n) is 3.05. The van der Waals surface area contributed by atoms with Crippen LogP contribution in [0, 0.1) is 11.6 Å². The van der Waals surface area contributed by atoms with Crippen LogP contribution < -0.4 is 10.5 Å². The Bertz CT molecular complexity index is 673. The lowest BCUT2D eigenvalue weighted by Crippen LogP contribution is -2.15. The van der Waals surface area contributed by atoms with Crippen LogP contribution in [0.25, 0.3) is 0 Å². The summed E-state index contributed by atoms with van der Waals surface area (Å²) in [7, 11) is -4.26. The fourth-order valence-electron chi connectivity index (χ4n) is 1.10. The summed E-state index contributed by atoms with van der Waals surface area (Å²) in [4.78, 5) is -0.781. The monoisotopic (exact) mass is 293 g/mol. The Morgan fingerprint density at radius 1 is 1.33 bits per heavy atom. The highest BCUT2D eigenvalue weighted by molar-refractivity contribution is 7.93. The molecule has 0 spiro atoms. The molecule has 1 aromatic heterocycles. The van der Waals surface area contributed by atoms with E-state index in [0.717, 1.165) is 12.1 Å². The van der Waals surface area contributed by atoms with Gasteiger partial charge >= 0.3 is 0 Å². The van der Waals surface area contributed by atoms with Crippen LogP contribution >= 0.6 is 11.5 Å². The lowest BCUT2D eigenvalue weighted by atomic mass is 10.3. The maximum atomic E-state index is 13.6. The number of aromatic nitrogens is 3. The summed E-state index contributed by atoms with van der Waals surface area (Å²) < 4.78 is 55.3. The number of rotatable bonds is 3. The first kappa shape index (κ1) is 12.6. The van der Waals surface area contributed by atoms with Gasteiger partial charge < -0.3 is 5.73 Å². The van der Waals surface area contributed by atoms with Gasteiger partial charge in [-0.2, -0.15) is 0 Å². The van der Waals surface area contributed by atoms with Gasteiger partial charge in [0.25, 0.3) is 10.0 Å². The Hall–Kier alpha value is -1.88. The van der Waals surface area contributed by atoms with Crippen molar-refractivity contribution >= 4 is 32.4 Å². The first-order valence-electron chi connectivity index (χ1n) is 4.33. The highest BCUT2D eigenvalue weighted by Gasteiger charge is 2.23. The molecule has 1 heterocycles. The Morgan fingerprint density at radius 2 is 2.06 bits per heavy atom. The van der Waals surface area contributed by atoms with Crippen LogP contribution in [0.1, 0.15) is 0 Å². The Morgan fingerprint density at radius 3 is 2.67 bits per heavy atom. The number of nitrogens with one attached hydrogen (secondary N) is 1. The summed E-state index contributed by atoms with van der Waals surface area (Å²) in [6.07, 6.45) is 0. The quantitative estimate of drug-likeness (QED) is 0.801. The molecule has 3 N–H and O–H groups in total. The van der Waals surface area contributed by atoms with E-state index in [1.54, 1.807) is 0 Å². The van der Waals surface area contributed by atoms with Crippen LogP contribution in [0.4, 0.5) is 19.6 Å². The molecule has 18 heavy (non-hydrogen) atoms. The molecule has 0 aliphatic carbocycles. The normalized spacial score (nSPS) is 11.4. The highest BCUT2D eigenvalue weighted by atomic mass is 32.2. The van der Waals surface area contributed by atoms with Gasteiger partial charge in [0.05, 0.1) is 0 Å². The Kier molecular flexibility index (Phi) is 3.09. The van der Waals surface area contributed by atoms with Crippen molar-refractivity contribution in [2.45, 2.75) is 4.90 Å². The maximum Gasteiger partial charge on any atom is 0.266 e. The Balaban J connectivity index is 2.45. The predicted molar refractivity (Wildman–Crippen MR) is 59.3 cm³/mol. The zero-order chi connectivity index (χ0) is 13.3. The van der Waals surface area contributed by atoms with Crippen molar-refractivity contribution in [3.8, 4) is 0 Å². The van der Waals surface area contributed by atoms with Gasteiger partial charge in [-0.1, -0.05) is 9.59 Å². The van der Waals surface area contributed by atoms with Crippen LogP contribution in [-0.2, 0) is 10.0 Å². The average Bonchev–Trinajstić information content (AvgIpc) is 2.77. The summed E-state index contributed by atoms with van der Waals surface area (Å²) in [6.45, 7) is 0. The van der Waals surface area contributed by atoms with Gasteiger partial charge in [0, 0.05) is 11.5 Å². The minimum Gasteiger partial charge on any atom is -0.394 e. The molecule has 0 radical (unpaired) electrons. The molecule has 1 aromatic carbocycles. The van der Waals surface area contributed by atoms with E-state index in [4.69, 9.17) is 5.73 Å². The third-order valence-electron chi connectivity index (χ3n) is 1.90. The first-order chi connectivity index (χ1) is 8.42. The van der Waals surface area contributed by atoms with E-state index < -0.39 is 32.2 Å². The second-order valence-corrected chi connectivity index (χ2v) is 5.43. The van der Waals surface area contributed by atoms with Crippen LogP contribution in [0.3, 0.4) is 0 Å². The molecule has 0 amide bonds. The number of sulfonamides is 1. The maximum absolute atomic E-state index is 13.6. The van der Waals surface area contributed by atoms with Crippen molar-refractivity contribution in [3.05, 3.63) is 23.8 Å². The molecular formula is C7H5F2N5O2S2. The third-order valence-corrected chi connectivity index (χ3v) is 3.90. The van der Waals surface area contributed by atoms with Crippen molar-refractivity contribution in [1.29, 1.82) is 0 Å². The summed E-state index contributed by atoms with van der Waals surface area (Å²) >= 11 is 0.667. The predicted octanol–water partition coefficient (Wildman–Crippen LogP) is 0.594. The summed E-state index contributed by atoms with van der Waals surface area (Å²) in [5.74, 6) is -2.40. The topological polar surface area (TPSA) is 111 Å². The fraction of sp³-hybridized carbons (Fsp3) is 0. The Labute approximate surface area is 104 Å². The smallest absolute Gasteiger partial charge is 0.266 e. The molecule has 96 valence electrons. The SMILES string of the molecule is Nc1c(F)ccc(S(=O)(=O)Nc2nnns2)c1F. The van der Waals surface area contributed by atoms with E-state index in [9.17, 15) is 17.2 Å². The molecule has 0 saturated heterocycles. The molecule has 0 aliphatic rings. The summed E-state index contributed by atoms with van der Waals surface area (Å²) in [6, 6.07) is 1.52. The number of nitrogens with zero attached hydrogens (tertiary/aromatic N) is 3. The van der Waals surface area contributed by atoms with Gasteiger partial charge in [-0.15, -0.1) is 0 Å². The minimum atomic E-state index is -4.26. The molecule has 0 unspecified atom stereocenters. The van der Waals surface area contributed by atoms with E-state index in [1.807, 2.05) is 4.72 Å². The van der Waals surface area contributed by atoms with Gasteiger partial charge in [-0.25, -0.2) is 17.2 Å². The molecule has 0 saturated carbocycles. The highest BCUT2D eigenvalue weighted by Crippen LogP contribution is 2.24. The number of anilines is 2. The van der Waals surface area contributed by atoms with E-state index in [2.05, 4.69) is 14.8 Å². The molecular weight excluding hydrogens is 288 g/mol. The first-order valence-corrected chi connectivity index (χ1v) is 6.59. The standard InChI is InChI=1S/C7H5F2N5O2S2/c8-3-1-2-4(5(9)6(3)10)18(15,16)12-7-11-13-14-17-7/h1-2H,10H2,(H,11,12,14). The molecule has 11 heteroatoms. The van der Waals surface area contributed by atoms with Gasteiger partial charge in [-0.3, -0.25) is 4.72 Å². The zero-order valence-electron chi connectivity index (χ0n) is 8.46. The van der Waals surface area contributed by atoms with Crippen LogP contribution in [0.5, 0.6) is 0 Å². The van der Waals surface area contributed by atoms with E-state index in [-0.39, 0.29) is 5.13 Å². The van der Waals surface area contributed by atoms with Crippen molar-refractivity contribution < 1.29 is 17.2 Å². The number of benzene rings is 1. The second kappa shape index (κ2) is 4.42. The summed E-state index contributed by atoms with van der Waals surface area (Å²) in [5.41, 5.74) is 4.21. The van der Waals surface area contributed by atoms with E-state index >= 15 is 0 Å². The molecule has 0 bridgehead atoms. The lowest BCUT2D eigenvalue weighted by Gasteiger charge is -2.07.